The van der Waals surface area contributed by atoms with Crippen LogP contribution >= 0.6 is 0 Å². The van der Waals surface area contributed by atoms with Crippen LogP contribution in [-0.2, 0) is 9.59 Å². The van der Waals surface area contributed by atoms with Crippen molar-refractivity contribution >= 4 is 11.8 Å². The van der Waals surface area contributed by atoms with E-state index in [9.17, 15) is 9.59 Å². The van der Waals surface area contributed by atoms with Gasteiger partial charge in [0.05, 0.1) is 0 Å². The first kappa shape index (κ1) is 11.1. The zero-order valence-electron chi connectivity index (χ0n) is 10.3. The lowest BCUT2D eigenvalue weighted by atomic mass is 9.53. The van der Waals surface area contributed by atoms with Gasteiger partial charge in [0.25, 0.3) is 0 Å². The Morgan fingerprint density at radius 1 is 0.941 bits per heavy atom. The molecule has 0 atom stereocenters. The number of amides is 2. The lowest BCUT2D eigenvalue weighted by Gasteiger charge is -2.56. The highest BCUT2D eigenvalue weighted by atomic mass is 16.2. The summed E-state index contributed by atoms with van der Waals surface area (Å²) >= 11 is 0. The largest absolute Gasteiger partial charge is 0.351 e. The van der Waals surface area contributed by atoms with Crippen LogP contribution in [0.5, 0.6) is 0 Å². The van der Waals surface area contributed by atoms with E-state index in [4.69, 9.17) is 0 Å². The number of hydrogen-bond acceptors (Lipinski definition) is 2. The third kappa shape index (κ3) is 1.83. The summed E-state index contributed by atoms with van der Waals surface area (Å²) in [6.45, 7) is 0. The van der Waals surface area contributed by atoms with Gasteiger partial charge in [-0.1, -0.05) is 0 Å². The highest BCUT2D eigenvalue weighted by Crippen LogP contribution is 2.55. The molecule has 4 aliphatic carbocycles. The molecule has 94 valence electrons. The van der Waals surface area contributed by atoms with Crippen molar-refractivity contribution in [1.29, 1.82) is 0 Å². The molecule has 4 heteroatoms. The van der Waals surface area contributed by atoms with Crippen LogP contribution in [0.3, 0.4) is 0 Å². The van der Waals surface area contributed by atoms with Crippen LogP contribution in [0.1, 0.15) is 38.5 Å². The fourth-order valence-electron chi connectivity index (χ4n) is 4.67. The summed E-state index contributed by atoms with van der Waals surface area (Å²) < 4.78 is 0. The van der Waals surface area contributed by atoms with Gasteiger partial charge >= 0.3 is 11.8 Å². The quantitative estimate of drug-likeness (QED) is 0.662. The molecule has 4 aliphatic rings. The monoisotopic (exact) mass is 236 g/mol. The van der Waals surface area contributed by atoms with Crippen LogP contribution in [0.2, 0.25) is 0 Å². The molecule has 2 amide bonds. The molecule has 0 saturated heterocycles. The molecule has 0 aromatic carbocycles. The maximum Gasteiger partial charge on any atom is 0.309 e. The molecule has 0 aliphatic heterocycles. The van der Waals surface area contributed by atoms with E-state index >= 15 is 0 Å². The van der Waals surface area contributed by atoms with Crippen LogP contribution in [0.25, 0.3) is 0 Å². The number of carbonyl (C=O) groups is 2. The van der Waals surface area contributed by atoms with Gasteiger partial charge in [0, 0.05) is 12.6 Å². The Hall–Kier alpha value is -1.06. The van der Waals surface area contributed by atoms with Gasteiger partial charge in [-0.15, -0.1) is 0 Å². The number of hydrogen-bond donors (Lipinski definition) is 2. The first-order chi connectivity index (χ1) is 8.10. The molecule has 0 heterocycles. The van der Waals surface area contributed by atoms with E-state index in [1.807, 2.05) is 0 Å². The van der Waals surface area contributed by atoms with Crippen molar-refractivity contribution in [3.05, 3.63) is 0 Å². The molecule has 2 N–H and O–H groups in total. The minimum absolute atomic E-state index is 0.0572. The molecular formula is C13H20N2O2. The molecule has 4 nitrogen and oxygen atoms in total. The third-order valence-electron chi connectivity index (χ3n) is 4.85. The van der Waals surface area contributed by atoms with Gasteiger partial charge in [0.15, 0.2) is 0 Å². The minimum Gasteiger partial charge on any atom is -0.351 e. The van der Waals surface area contributed by atoms with Crippen molar-refractivity contribution in [1.82, 2.24) is 10.6 Å². The van der Waals surface area contributed by atoms with Crippen molar-refractivity contribution < 1.29 is 9.59 Å². The molecule has 17 heavy (non-hydrogen) atoms. The molecule has 4 saturated carbocycles. The zero-order chi connectivity index (χ0) is 12.0. The summed E-state index contributed by atoms with van der Waals surface area (Å²) in [5.74, 6) is 1.39. The Kier molecular flexibility index (Phi) is 2.42. The number of carbonyl (C=O) groups excluding carboxylic acids is 2. The van der Waals surface area contributed by atoms with Crippen LogP contribution in [-0.4, -0.2) is 24.4 Å². The number of rotatable bonds is 1. The second kappa shape index (κ2) is 3.72. The Morgan fingerprint density at radius 2 is 1.41 bits per heavy atom. The summed E-state index contributed by atoms with van der Waals surface area (Å²) in [4.78, 5) is 23.0. The molecule has 4 rings (SSSR count). The fraction of sp³-hybridized carbons (Fsp3) is 0.846. The SMILES string of the molecule is CNC(=O)C(=O)NC12CC3CC(CC(C3)C1)C2. The molecule has 0 spiro atoms. The first-order valence-corrected chi connectivity index (χ1v) is 6.64. The normalized spacial score (nSPS) is 42.3. The Labute approximate surface area is 102 Å². The van der Waals surface area contributed by atoms with Crippen LogP contribution < -0.4 is 10.6 Å². The van der Waals surface area contributed by atoms with Gasteiger partial charge in [-0.3, -0.25) is 9.59 Å². The van der Waals surface area contributed by atoms with Gasteiger partial charge in [0.1, 0.15) is 0 Å². The summed E-state index contributed by atoms with van der Waals surface area (Å²) in [5, 5.41) is 5.42. The van der Waals surface area contributed by atoms with Crippen molar-refractivity contribution in [2.24, 2.45) is 17.8 Å². The Balaban J connectivity index is 1.74. The van der Waals surface area contributed by atoms with Gasteiger partial charge in [-0.05, 0) is 56.3 Å². The van der Waals surface area contributed by atoms with Crippen molar-refractivity contribution in [2.75, 3.05) is 7.05 Å². The number of likely N-dealkylation sites (N-methyl/N-ethyl adjacent to an activating group) is 1. The Bertz CT molecular complexity index is 329. The van der Waals surface area contributed by atoms with Gasteiger partial charge in [-0.25, -0.2) is 0 Å². The standard InChI is InChI=1S/C13H20N2O2/c1-14-11(16)12(17)15-13-5-8-2-9(6-13)4-10(3-8)7-13/h8-10H,2-7H2,1H3,(H,14,16)(H,15,17). The predicted molar refractivity (Wildman–Crippen MR) is 63.1 cm³/mol. The first-order valence-electron chi connectivity index (χ1n) is 6.64. The number of nitrogens with one attached hydrogen (secondary N) is 2. The average molecular weight is 236 g/mol. The second-order valence-corrected chi connectivity index (χ2v) is 6.23. The lowest BCUT2D eigenvalue weighted by molar-refractivity contribution is -0.142. The maximum absolute atomic E-state index is 11.7. The zero-order valence-corrected chi connectivity index (χ0v) is 10.3. The van der Waals surface area contributed by atoms with Crippen LogP contribution in [0, 0.1) is 17.8 Å². The van der Waals surface area contributed by atoms with E-state index < -0.39 is 11.8 Å². The smallest absolute Gasteiger partial charge is 0.309 e. The third-order valence-corrected chi connectivity index (χ3v) is 4.85. The van der Waals surface area contributed by atoms with E-state index in [0.29, 0.717) is 0 Å². The summed E-state index contributed by atoms with van der Waals surface area (Å²) in [6.07, 6.45) is 7.28. The molecule has 0 unspecified atom stereocenters. The highest BCUT2D eigenvalue weighted by molar-refractivity contribution is 6.35. The average Bonchev–Trinajstić information content (AvgIpc) is 2.25. The predicted octanol–water partition coefficient (Wildman–Crippen LogP) is 0.817. The van der Waals surface area contributed by atoms with Gasteiger partial charge < -0.3 is 10.6 Å². The molecular weight excluding hydrogens is 216 g/mol. The highest BCUT2D eigenvalue weighted by Gasteiger charge is 2.51. The van der Waals surface area contributed by atoms with E-state index in [1.165, 1.54) is 26.3 Å². The Morgan fingerprint density at radius 3 is 1.82 bits per heavy atom. The van der Waals surface area contributed by atoms with Crippen molar-refractivity contribution in [3.63, 3.8) is 0 Å². The van der Waals surface area contributed by atoms with Gasteiger partial charge in [-0.2, -0.15) is 0 Å². The van der Waals surface area contributed by atoms with Crippen molar-refractivity contribution in [2.45, 2.75) is 44.1 Å². The molecule has 4 bridgehead atoms. The molecule has 0 radical (unpaired) electrons. The minimum atomic E-state index is -0.513. The van der Waals surface area contributed by atoms with Crippen LogP contribution in [0.15, 0.2) is 0 Å². The van der Waals surface area contributed by atoms with E-state index in [-0.39, 0.29) is 5.54 Å². The topological polar surface area (TPSA) is 58.2 Å². The molecule has 0 aromatic heterocycles. The summed E-state index contributed by atoms with van der Waals surface area (Å²) in [5.41, 5.74) is -0.0572. The van der Waals surface area contributed by atoms with E-state index in [0.717, 1.165) is 37.0 Å². The van der Waals surface area contributed by atoms with E-state index in [1.54, 1.807) is 0 Å². The lowest BCUT2D eigenvalue weighted by Crippen LogP contribution is -2.61. The molecule has 4 fully saturated rings. The van der Waals surface area contributed by atoms with Crippen LogP contribution in [0.4, 0.5) is 0 Å². The summed E-state index contributed by atoms with van der Waals surface area (Å²) in [6, 6.07) is 0. The second-order valence-electron chi connectivity index (χ2n) is 6.23. The van der Waals surface area contributed by atoms with Crippen molar-refractivity contribution in [3.8, 4) is 0 Å². The van der Waals surface area contributed by atoms with Gasteiger partial charge in [0.2, 0.25) is 0 Å². The molecule has 0 aromatic rings. The maximum atomic E-state index is 11.7. The van der Waals surface area contributed by atoms with E-state index in [2.05, 4.69) is 10.6 Å². The fourth-order valence-corrected chi connectivity index (χ4v) is 4.67. The summed E-state index contributed by atoms with van der Waals surface area (Å²) in [7, 11) is 1.50.